The lowest BCUT2D eigenvalue weighted by molar-refractivity contribution is 0.148. The molecule has 1 fully saturated rings. The minimum Gasteiger partial charge on any atom is -0.361 e. The van der Waals surface area contributed by atoms with Crippen LogP contribution in [-0.4, -0.2) is 56.4 Å². The van der Waals surface area contributed by atoms with Gasteiger partial charge in [0.25, 0.3) is 10.0 Å². The maximum atomic E-state index is 12.8. The highest BCUT2D eigenvalue weighted by atomic mass is 32.2. The van der Waals surface area contributed by atoms with Crippen LogP contribution in [0, 0.1) is 0 Å². The van der Waals surface area contributed by atoms with E-state index in [9.17, 15) is 8.42 Å². The van der Waals surface area contributed by atoms with Gasteiger partial charge in [-0.1, -0.05) is 24.8 Å². The Morgan fingerprint density at radius 1 is 1.10 bits per heavy atom. The molecule has 2 aromatic carbocycles. The van der Waals surface area contributed by atoms with Crippen LogP contribution in [0.25, 0.3) is 17.0 Å². The van der Waals surface area contributed by atoms with Crippen LogP contribution in [0.5, 0.6) is 0 Å². The molecule has 6 nitrogen and oxygen atoms in total. The molecule has 4 rings (SSSR count). The van der Waals surface area contributed by atoms with E-state index in [1.54, 1.807) is 36.4 Å². The summed E-state index contributed by atoms with van der Waals surface area (Å²) in [6, 6.07) is 12.3. The minimum absolute atomic E-state index is 0.231. The van der Waals surface area contributed by atoms with Crippen LogP contribution in [0.15, 0.2) is 60.1 Å². The number of nitrogens with one attached hydrogen (secondary N) is 2. The predicted octanol–water partition coefficient (Wildman–Crippen LogP) is 3.36. The standard InChI is InChI=1S/C22H26N4O2S/c1-3-17-4-7-20(8-5-17)29(27,28)24-19-6-9-22-21(14-19)18(15-23-22)16-26-12-10-25(2)11-13-26/h3-9,14-15,23-24H,1,10-13,16H2,2H3. The van der Waals surface area contributed by atoms with Crippen molar-refractivity contribution in [2.75, 3.05) is 37.9 Å². The van der Waals surface area contributed by atoms with Crippen LogP contribution < -0.4 is 4.72 Å². The molecule has 0 aliphatic carbocycles. The summed E-state index contributed by atoms with van der Waals surface area (Å²) in [4.78, 5) is 8.29. The van der Waals surface area contributed by atoms with Crippen LogP contribution in [-0.2, 0) is 16.6 Å². The second-order valence-corrected chi connectivity index (χ2v) is 9.21. The zero-order chi connectivity index (χ0) is 20.4. The monoisotopic (exact) mass is 410 g/mol. The number of rotatable bonds is 6. The van der Waals surface area contributed by atoms with E-state index in [2.05, 4.69) is 33.1 Å². The van der Waals surface area contributed by atoms with Gasteiger partial charge in [-0.2, -0.15) is 0 Å². The molecule has 2 N–H and O–H groups in total. The van der Waals surface area contributed by atoms with Crippen molar-refractivity contribution in [3.63, 3.8) is 0 Å². The van der Waals surface area contributed by atoms with Gasteiger partial charge in [-0.25, -0.2) is 8.42 Å². The van der Waals surface area contributed by atoms with Crippen molar-refractivity contribution in [2.45, 2.75) is 11.4 Å². The molecule has 0 bridgehead atoms. The minimum atomic E-state index is -3.65. The maximum absolute atomic E-state index is 12.8. The van der Waals surface area contributed by atoms with E-state index in [0.717, 1.165) is 49.2 Å². The maximum Gasteiger partial charge on any atom is 0.261 e. The molecular formula is C22H26N4O2S. The largest absolute Gasteiger partial charge is 0.361 e. The van der Waals surface area contributed by atoms with Crippen molar-refractivity contribution < 1.29 is 8.42 Å². The summed E-state index contributed by atoms with van der Waals surface area (Å²) in [5.74, 6) is 0. The first kappa shape index (κ1) is 19.7. The number of H-pyrrole nitrogens is 1. The average molecular weight is 411 g/mol. The molecule has 2 heterocycles. The van der Waals surface area contributed by atoms with Crippen molar-refractivity contribution in [2.24, 2.45) is 0 Å². The van der Waals surface area contributed by atoms with Crippen molar-refractivity contribution in [3.05, 3.63) is 66.4 Å². The Kier molecular flexibility index (Phi) is 5.45. The highest BCUT2D eigenvalue weighted by molar-refractivity contribution is 7.92. The van der Waals surface area contributed by atoms with Gasteiger partial charge >= 0.3 is 0 Å². The Hall–Kier alpha value is -2.61. The summed E-state index contributed by atoms with van der Waals surface area (Å²) in [5, 5.41) is 1.05. The van der Waals surface area contributed by atoms with E-state index in [0.29, 0.717) is 5.69 Å². The van der Waals surface area contributed by atoms with Crippen molar-refractivity contribution in [3.8, 4) is 0 Å². The zero-order valence-corrected chi connectivity index (χ0v) is 17.4. The molecule has 0 radical (unpaired) electrons. The molecule has 0 atom stereocenters. The van der Waals surface area contributed by atoms with E-state index < -0.39 is 10.0 Å². The highest BCUT2D eigenvalue weighted by Crippen LogP contribution is 2.25. The van der Waals surface area contributed by atoms with Gasteiger partial charge in [-0.15, -0.1) is 0 Å². The van der Waals surface area contributed by atoms with E-state index in [-0.39, 0.29) is 4.90 Å². The second-order valence-electron chi connectivity index (χ2n) is 7.53. The third-order valence-corrected chi connectivity index (χ3v) is 6.83. The molecule has 0 amide bonds. The quantitative estimate of drug-likeness (QED) is 0.654. The fourth-order valence-electron chi connectivity index (χ4n) is 3.62. The van der Waals surface area contributed by atoms with Crippen LogP contribution in [0.2, 0.25) is 0 Å². The van der Waals surface area contributed by atoms with Crippen LogP contribution >= 0.6 is 0 Å². The van der Waals surface area contributed by atoms with Crippen molar-refractivity contribution in [1.82, 2.24) is 14.8 Å². The summed E-state index contributed by atoms with van der Waals surface area (Å²) < 4.78 is 28.2. The number of nitrogens with zero attached hydrogens (tertiary/aromatic N) is 2. The van der Waals surface area contributed by atoms with Crippen molar-refractivity contribution >= 4 is 32.7 Å². The number of anilines is 1. The third kappa shape index (κ3) is 4.37. The molecule has 0 spiro atoms. The number of likely N-dealkylation sites (N-methyl/N-ethyl adjacent to an activating group) is 1. The number of piperazine rings is 1. The van der Waals surface area contributed by atoms with Gasteiger partial charge in [0.05, 0.1) is 4.90 Å². The molecule has 1 aliphatic rings. The van der Waals surface area contributed by atoms with Gasteiger partial charge in [0.15, 0.2) is 0 Å². The Bertz CT molecular complexity index is 1110. The number of hydrogen-bond acceptors (Lipinski definition) is 4. The Labute approximate surface area is 171 Å². The SMILES string of the molecule is C=Cc1ccc(S(=O)(=O)Nc2ccc3[nH]cc(CN4CCN(C)CC4)c3c2)cc1. The smallest absolute Gasteiger partial charge is 0.261 e. The van der Waals surface area contributed by atoms with Gasteiger partial charge < -0.3 is 9.88 Å². The summed E-state index contributed by atoms with van der Waals surface area (Å²) in [5.41, 5.74) is 3.63. The van der Waals surface area contributed by atoms with E-state index in [1.807, 2.05) is 18.3 Å². The highest BCUT2D eigenvalue weighted by Gasteiger charge is 2.17. The normalized spacial score (nSPS) is 16.2. The number of fused-ring (bicyclic) bond motifs is 1. The van der Waals surface area contributed by atoms with Gasteiger partial charge in [0.2, 0.25) is 0 Å². The molecule has 29 heavy (non-hydrogen) atoms. The Balaban J connectivity index is 1.55. The van der Waals surface area contributed by atoms with E-state index >= 15 is 0 Å². The number of aromatic amines is 1. The topological polar surface area (TPSA) is 68.4 Å². The van der Waals surface area contributed by atoms with E-state index in [4.69, 9.17) is 0 Å². The summed E-state index contributed by atoms with van der Waals surface area (Å²) >= 11 is 0. The first-order valence-electron chi connectivity index (χ1n) is 9.71. The summed E-state index contributed by atoms with van der Waals surface area (Å²) in [6.45, 7) is 8.76. The Morgan fingerprint density at radius 2 is 1.83 bits per heavy atom. The number of hydrogen-bond donors (Lipinski definition) is 2. The first-order chi connectivity index (χ1) is 13.9. The third-order valence-electron chi connectivity index (χ3n) is 5.44. The Morgan fingerprint density at radius 3 is 2.52 bits per heavy atom. The lowest BCUT2D eigenvalue weighted by Crippen LogP contribution is -2.43. The second kappa shape index (κ2) is 8.02. The molecular weight excluding hydrogens is 384 g/mol. The molecule has 1 saturated heterocycles. The molecule has 0 saturated carbocycles. The van der Waals surface area contributed by atoms with Gasteiger partial charge in [-0.05, 0) is 48.5 Å². The van der Waals surface area contributed by atoms with Gasteiger partial charge in [0, 0.05) is 55.5 Å². The van der Waals surface area contributed by atoms with Crippen LogP contribution in [0.4, 0.5) is 5.69 Å². The van der Waals surface area contributed by atoms with Crippen molar-refractivity contribution in [1.29, 1.82) is 0 Å². The lowest BCUT2D eigenvalue weighted by atomic mass is 10.1. The molecule has 7 heteroatoms. The fourth-order valence-corrected chi connectivity index (χ4v) is 4.67. The van der Waals surface area contributed by atoms with Gasteiger partial charge in [0.1, 0.15) is 0 Å². The predicted molar refractivity (Wildman–Crippen MR) is 118 cm³/mol. The lowest BCUT2D eigenvalue weighted by Gasteiger charge is -2.32. The summed E-state index contributed by atoms with van der Waals surface area (Å²) in [7, 11) is -1.50. The molecule has 3 aromatic rings. The van der Waals surface area contributed by atoms with E-state index in [1.165, 1.54) is 5.56 Å². The number of sulfonamides is 1. The molecule has 1 aromatic heterocycles. The molecule has 0 unspecified atom stereocenters. The number of benzene rings is 2. The number of aromatic nitrogens is 1. The van der Waals surface area contributed by atoms with Gasteiger partial charge in [-0.3, -0.25) is 9.62 Å². The average Bonchev–Trinajstić information content (AvgIpc) is 3.11. The van der Waals surface area contributed by atoms with Crippen LogP contribution in [0.3, 0.4) is 0 Å². The first-order valence-corrected chi connectivity index (χ1v) is 11.2. The van der Waals surface area contributed by atoms with Crippen LogP contribution in [0.1, 0.15) is 11.1 Å². The molecule has 152 valence electrons. The summed E-state index contributed by atoms with van der Waals surface area (Å²) in [6.07, 6.45) is 3.71. The fraction of sp³-hybridized carbons (Fsp3) is 0.273. The molecule has 1 aliphatic heterocycles. The zero-order valence-electron chi connectivity index (χ0n) is 16.6.